The van der Waals surface area contributed by atoms with Gasteiger partial charge in [0.25, 0.3) is 5.91 Å². The van der Waals surface area contributed by atoms with Gasteiger partial charge >= 0.3 is 0 Å². The van der Waals surface area contributed by atoms with Gasteiger partial charge in [-0.1, -0.05) is 13.8 Å². The van der Waals surface area contributed by atoms with Crippen molar-refractivity contribution in [2.24, 2.45) is 11.8 Å². The molecule has 2 aromatic rings. The van der Waals surface area contributed by atoms with Crippen LogP contribution in [0.2, 0.25) is 0 Å². The predicted octanol–water partition coefficient (Wildman–Crippen LogP) is 4.25. The number of hydrogen-bond acceptors (Lipinski definition) is 4. The number of ether oxygens (including phenoxy) is 1. The summed E-state index contributed by atoms with van der Waals surface area (Å²) in [6.07, 6.45) is 1.22. The fourth-order valence-corrected chi connectivity index (χ4v) is 4.03. The lowest BCUT2D eigenvalue weighted by molar-refractivity contribution is -0.117. The third-order valence-electron chi connectivity index (χ3n) is 5.17. The highest BCUT2D eigenvalue weighted by molar-refractivity contribution is 6.04. The van der Waals surface area contributed by atoms with E-state index in [1.165, 1.54) is 6.42 Å². The fourth-order valence-electron chi connectivity index (χ4n) is 4.03. The van der Waals surface area contributed by atoms with Crippen LogP contribution in [0.4, 0.5) is 11.4 Å². The number of anilines is 2. The minimum absolute atomic E-state index is 0.0251. The second kappa shape index (κ2) is 10.3. The van der Waals surface area contributed by atoms with Gasteiger partial charge in [0, 0.05) is 30.0 Å². The van der Waals surface area contributed by atoms with Crippen LogP contribution in [0.15, 0.2) is 48.5 Å². The van der Waals surface area contributed by atoms with Crippen molar-refractivity contribution in [2.45, 2.75) is 27.2 Å². The van der Waals surface area contributed by atoms with E-state index < -0.39 is 0 Å². The van der Waals surface area contributed by atoms with Crippen LogP contribution in [0.3, 0.4) is 0 Å². The lowest BCUT2D eigenvalue weighted by atomic mass is 9.92. The number of carbonyl (C=O) groups is 2. The maximum Gasteiger partial charge on any atom is 0.255 e. The molecule has 2 atom stereocenters. The average Bonchev–Trinajstić information content (AvgIpc) is 2.69. The number of piperidine rings is 1. The Hall–Kier alpha value is -2.86. The maximum atomic E-state index is 12.4. The summed E-state index contributed by atoms with van der Waals surface area (Å²) < 4.78 is 5.40. The van der Waals surface area contributed by atoms with Gasteiger partial charge in [0.15, 0.2) is 0 Å². The molecule has 0 radical (unpaired) electrons. The standard InChI is InChI=1S/C24H31N3O3/c1-4-30-22-11-9-21(10-12-22)26-24(29)19-5-7-20(8-6-19)25-23(28)16-27-14-17(2)13-18(3)15-27/h5-12,17-18H,4,13-16H2,1-3H3,(H,25,28)(H,26,29)/t17-,18-/m0/s1. The highest BCUT2D eigenvalue weighted by Gasteiger charge is 2.23. The summed E-state index contributed by atoms with van der Waals surface area (Å²) in [5.41, 5.74) is 1.92. The summed E-state index contributed by atoms with van der Waals surface area (Å²) in [4.78, 5) is 27.0. The molecule has 1 saturated heterocycles. The molecular weight excluding hydrogens is 378 g/mol. The Labute approximate surface area is 178 Å². The van der Waals surface area contributed by atoms with E-state index in [9.17, 15) is 9.59 Å². The van der Waals surface area contributed by atoms with Crippen molar-refractivity contribution in [3.63, 3.8) is 0 Å². The molecule has 2 amide bonds. The van der Waals surface area contributed by atoms with E-state index in [1.54, 1.807) is 36.4 Å². The van der Waals surface area contributed by atoms with E-state index in [1.807, 2.05) is 19.1 Å². The van der Waals surface area contributed by atoms with E-state index >= 15 is 0 Å². The summed E-state index contributed by atoms with van der Waals surface area (Å²) in [6.45, 7) is 9.32. The summed E-state index contributed by atoms with van der Waals surface area (Å²) >= 11 is 0. The summed E-state index contributed by atoms with van der Waals surface area (Å²) in [5.74, 6) is 1.78. The van der Waals surface area contributed by atoms with Crippen LogP contribution in [0, 0.1) is 11.8 Å². The van der Waals surface area contributed by atoms with Gasteiger partial charge in [-0.15, -0.1) is 0 Å². The van der Waals surface area contributed by atoms with Crippen LogP contribution >= 0.6 is 0 Å². The van der Waals surface area contributed by atoms with Crippen molar-refractivity contribution in [1.29, 1.82) is 0 Å². The minimum Gasteiger partial charge on any atom is -0.494 e. The Morgan fingerprint density at radius 1 is 0.933 bits per heavy atom. The van der Waals surface area contributed by atoms with Gasteiger partial charge in [-0.3, -0.25) is 14.5 Å². The monoisotopic (exact) mass is 409 g/mol. The Balaban J connectivity index is 1.51. The summed E-state index contributed by atoms with van der Waals surface area (Å²) in [6, 6.07) is 14.2. The molecule has 1 aliphatic rings. The topological polar surface area (TPSA) is 70.7 Å². The zero-order chi connectivity index (χ0) is 21.5. The number of rotatable bonds is 7. The number of carbonyl (C=O) groups excluding carboxylic acids is 2. The molecule has 0 aliphatic carbocycles. The number of nitrogens with zero attached hydrogens (tertiary/aromatic N) is 1. The number of nitrogens with one attached hydrogen (secondary N) is 2. The third kappa shape index (κ3) is 6.32. The zero-order valence-corrected chi connectivity index (χ0v) is 18.0. The quantitative estimate of drug-likeness (QED) is 0.717. The molecule has 0 bridgehead atoms. The molecule has 160 valence electrons. The van der Waals surface area contributed by atoms with E-state index in [2.05, 4.69) is 29.4 Å². The molecule has 0 unspecified atom stereocenters. The fraction of sp³-hybridized carbons (Fsp3) is 0.417. The van der Waals surface area contributed by atoms with E-state index in [0.29, 0.717) is 41.9 Å². The molecule has 0 aromatic heterocycles. The molecule has 2 aromatic carbocycles. The Bertz CT molecular complexity index is 839. The molecular formula is C24H31N3O3. The molecule has 30 heavy (non-hydrogen) atoms. The first-order valence-corrected chi connectivity index (χ1v) is 10.6. The first-order valence-electron chi connectivity index (χ1n) is 10.6. The molecule has 0 spiro atoms. The largest absolute Gasteiger partial charge is 0.494 e. The SMILES string of the molecule is CCOc1ccc(NC(=O)c2ccc(NC(=O)CN3C[C@@H](C)C[C@H](C)C3)cc2)cc1. The Morgan fingerprint density at radius 3 is 2.10 bits per heavy atom. The average molecular weight is 410 g/mol. The van der Waals surface area contributed by atoms with Crippen LogP contribution in [-0.2, 0) is 4.79 Å². The van der Waals surface area contributed by atoms with E-state index in [0.717, 1.165) is 18.8 Å². The van der Waals surface area contributed by atoms with Crippen molar-refractivity contribution in [2.75, 3.05) is 36.9 Å². The van der Waals surface area contributed by atoms with E-state index in [-0.39, 0.29) is 11.8 Å². The van der Waals surface area contributed by atoms with Gasteiger partial charge in [0.1, 0.15) is 5.75 Å². The first-order chi connectivity index (χ1) is 14.4. The summed E-state index contributed by atoms with van der Waals surface area (Å²) in [5, 5.41) is 5.79. The first kappa shape index (κ1) is 21.8. The third-order valence-corrected chi connectivity index (χ3v) is 5.17. The number of amides is 2. The summed E-state index contributed by atoms with van der Waals surface area (Å²) in [7, 11) is 0. The number of benzene rings is 2. The second-order valence-electron chi connectivity index (χ2n) is 8.18. The molecule has 1 fully saturated rings. The van der Waals surface area contributed by atoms with Gasteiger partial charge in [0.05, 0.1) is 13.2 Å². The smallest absolute Gasteiger partial charge is 0.255 e. The molecule has 2 N–H and O–H groups in total. The molecule has 6 nitrogen and oxygen atoms in total. The predicted molar refractivity (Wildman–Crippen MR) is 120 cm³/mol. The van der Waals surface area contributed by atoms with Crippen LogP contribution in [-0.4, -0.2) is 43.0 Å². The highest BCUT2D eigenvalue weighted by atomic mass is 16.5. The van der Waals surface area contributed by atoms with Crippen LogP contribution < -0.4 is 15.4 Å². The number of hydrogen-bond donors (Lipinski definition) is 2. The Morgan fingerprint density at radius 2 is 1.50 bits per heavy atom. The lowest BCUT2D eigenvalue weighted by Gasteiger charge is -2.34. The van der Waals surface area contributed by atoms with Gasteiger partial charge in [-0.2, -0.15) is 0 Å². The molecule has 3 rings (SSSR count). The lowest BCUT2D eigenvalue weighted by Crippen LogP contribution is -2.42. The highest BCUT2D eigenvalue weighted by Crippen LogP contribution is 2.21. The zero-order valence-electron chi connectivity index (χ0n) is 18.0. The van der Waals surface area contributed by atoms with Crippen LogP contribution in [0.5, 0.6) is 5.75 Å². The molecule has 0 saturated carbocycles. The van der Waals surface area contributed by atoms with Gasteiger partial charge in [-0.25, -0.2) is 0 Å². The van der Waals surface area contributed by atoms with Crippen LogP contribution in [0.1, 0.15) is 37.6 Å². The van der Waals surface area contributed by atoms with Gasteiger partial charge in [0.2, 0.25) is 5.91 Å². The van der Waals surface area contributed by atoms with Crippen molar-refractivity contribution in [3.05, 3.63) is 54.1 Å². The van der Waals surface area contributed by atoms with Crippen molar-refractivity contribution in [1.82, 2.24) is 4.90 Å². The maximum absolute atomic E-state index is 12.4. The minimum atomic E-state index is -0.201. The van der Waals surface area contributed by atoms with Crippen molar-refractivity contribution in [3.8, 4) is 5.75 Å². The van der Waals surface area contributed by atoms with Gasteiger partial charge in [-0.05, 0) is 73.7 Å². The second-order valence-corrected chi connectivity index (χ2v) is 8.18. The normalized spacial score (nSPS) is 19.2. The molecule has 1 aliphatic heterocycles. The van der Waals surface area contributed by atoms with Crippen molar-refractivity contribution < 1.29 is 14.3 Å². The Kier molecular flexibility index (Phi) is 7.46. The van der Waals surface area contributed by atoms with Crippen molar-refractivity contribution >= 4 is 23.2 Å². The number of likely N-dealkylation sites (tertiary alicyclic amines) is 1. The van der Waals surface area contributed by atoms with Gasteiger partial charge < -0.3 is 15.4 Å². The molecule has 1 heterocycles. The molecule has 6 heteroatoms. The van der Waals surface area contributed by atoms with Crippen LogP contribution in [0.25, 0.3) is 0 Å². The van der Waals surface area contributed by atoms with E-state index in [4.69, 9.17) is 4.74 Å².